The zero-order valence-electron chi connectivity index (χ0n) is 12.1. The van der Waals surface area contributed by atoms with Gasteiger partial charge in [0.25, 0.3) is 0 Å². The van der Waals surface area contributed by atoms with E-state index in [1.807, 2.05) is 18.2 Å². The smallest absolute Gasteiger partial charge is 0.165 e. The minimum atomic E-state index is -0.310. The molecule has 1 N–H and O–H groups in total. The summed E-state index contributed by atoms with van der Waals surface area (Å²) in [6.07, 6.45) is 6.55. The Balaban J connectivity index is 1.90. The van der Waals surface area contributed by atoms with Crippen molar-refractivity contribution in [2.75, 3.05) is 0 Å². The molecular formula is C17H22O3. The van der Waals surface area contributed by atoms with Crippen LogP contribution in [0.5, 0.6) is 0 Å². The van der Waals surface area contributed by atoms with Crippen molar-refractivity contribution >= 4 is 11.9 Å². The molecule has 2 saturated carbocycles. The average molecular weight is 274 g/mol. The normalized spacial score (nSPS) is 39.9. The van der Waals surface area contributed by atoms with Gasteiger partial charge < -0.3 is 9.52 Å². The fourth-order valence-electron chi connectivity index (χ4n) is 4.08. The molecule has 2 aliphatic carbocycles. The number of allylic oxidation sites excluding steroid dienone is 1. The van der Waals surface area contributed by atoms with Crippen molar-refractivity contribution in [2.24, 2.45) is 17.3 Å². The van der Waals surface area contributed by atoms with Crippen LogP contribution in [-0.4, -0.2) is 17.0 Å². The number of hydrogen-bond acceptors (Lipinski definition) is 3. The second-order valence-corrected chi connectivity index (χ2v) is 6.54. The van der Waals surface area contributed by atoms with Gasteiger partial charge in [0.15, 0.2) is 5.78 Å². The van der Waals surface area contributed by atoms with Crippen LogP contribution in [0.3, 0.4) is 0 Å². The largest absolute Gasteiger partial charge is 0.465 e. The predicted molar refractivity (Wildman–Crippen MR) is 76.9 cm³/mol. The lowest BCUT2D eigenvalue weighted by atomic mass is 9.55. The zero-order valence-corrected chi connectivity index (χ0v) is 12.1. The van der Waals surface area contributed by atoms with E-state index in [-0.39, 0.29) is 23.2 Å². The molecule has 0 saturated heterocycles. The number of carbonyl (C=O) groups is 1. The second kappa shape index (κ2) is 4.88. The van der Waals surface area contributed by atoms with E-state index >= 15 is 0 Å². The Labute approximate surface area is 119 Å². The summed E-state index contributed by atoms with van der Waals surface area (Å²) in [6.45, 7) is 4.17. The molecule has 1 aromatic rings. The first-order valence-corrected chi connectivity index (χ1v) is 7.49. The van der Waals surface area contributed by atoms with Crippen molar-refractivity contribution in [1.29, 1.82) is 0 Å². The molecule has 108 valence electrons. The topological polar surface area (TPSA) is 50.4 Å². The Morgan fingerprint density at radius 3 is 2.95 bits per heavy atom. The van der Waals surface area contributed by atoms with Gasteiger partial charge in [0.05, 0.1) is 12.4 Å². The first-order valence-electron chi connectivity index (χ1n) is 7.49. The fraction of sp³-hybridized carbons (Fsp3) is 0.588. The van der Waals surface area contributed by atoms with Crippen molar-refractivity contribution in [3.05, 3.63) is 29.7 Å². The third-order valence-electron chi connectivity index (χ3n) is 5.41. The third kappa shape index (κ3) is 2.05. The maximum atomic E-state index is 12.9. The highest BCUT2D eigenvalue weighted by molar-refractivity contribution is 6.04. The number of aliphatic hydroxyl groups is 1. The number of ketones is 1. The van der Waals surface area contributed by atoms with Gasteiger partial charge in [-0.3, -0.25) is 4.79 Å². The Morgan fingerprint density at radius 1 is 1.45 bits per heavy atom. The molecule has 0 aromatic carbocycles. The second-order valence-electron chi connectivity index (χ2n) is 6.54. The predicted octanol–water partition coefficient (Wildman–Crippen LogP) is 3.44. The van der Waals surface area contributed by atoms with E-state index in [2.05, 4.69) is 13.8 Å². The molecular weight excluding hydrogens is 252 g/mol. The highest BCUT2D eigenvalue weighted by atomic mass is 16.3. The number of aliphatic hydroxyl groups excluding tert-OH is 1. The average Bonchev–Trinajstić information content (AvgIpc) is 2.93. The van der Waals surface area contributed by atoms with Crippen LogP contribution >= 0.6 is 0 Å². The highest BCUT2D eigenvalue weighted by Gasteiger charge is 2.51. The van der Waals surface area contributed by atoms with Crippen LogP contribution in [0.2, 0.25) is 0 Å². The number of furan rings is 1. The molecule has 0 aliphatic heterocycles. The van der Waals surface area contributed by atoms with Crippen molar-refractivity contribution in [3.63, 3.8) is 0 Å². The summed E-state index contributed by atoms with van der Waals surface area (Å²) in [5, 5.41) is 10.0. The maximum Gasteiger partial charge on any atom is 0.165 e. The monoisotopic (exact) mass is 274 g/mol. The lowest BCUT2D eigenvalue weighted by Gasteiger charge is -2.49. The molecule has 1 heterocycles. The van der Waals surface area contributed by atoms with Gasteiger partial charge in [0.2, 0.25) is 0 Å². The summed E-state index contributed by atoms with van der Waals surface area (Å²) in [4.78, 5) is 12.9. The van der Waals surface area contributed by atoms with Gasteiger partial charge in [-0.15, -0.1) is 0 Å². The van der Waals surface area contributed by atoms with Gasteiger partial charge in [-0.2, -0.15) is 0 Å². The Hall–Kier alpha value is -1.35. The minimum Gasteiger partial charge on any atom is -0.465 e. The van der Waals surface area contributed by atoms with E-state index in [0.717, 1.165) is 37.0 Å². The van der Waals surface area contributed by atoms with Gasteiger partial charge in [0, 0.05) is 5.41 Å². The van der Waals surface area contributed by atoms with Crippen molar-refractivity contribution in [2.45, 2.75) is 45.6 Å². The molecule has 3 rings (SSSR count). The number of Topliss-reactive ketones (excluding diaryl/α,β-unsaturated/α-hetero) is 1. The maximum absolute atomic E-state index is 12.9. The first kappa shape index (κ1) is 13.6. The molecule has 3 nitrogen and oxygen atoms in total. The van der Waals surface area contributed by atoms with Gasteiger partial charge in [0.1, 0.15) is 5.76 Å². The van der Waals surface area contributed by atoms with Gasteiger partial charge >= 0.3 is 0 Å². The summed E-state index contributed by atoms with van der Waals surface area (Å²) in [5.41, 5.74) is 0.567. The van der Waals surface area contributed by atoms with E-state index in [9.17, 15) is 9.90 Å². The molecule has 0 amide bonds. The van der Waals surface area contributed by atoms with Gasteiger partial charge in [-0.05, 0) is 61.3 Å². The van der Waals surface area contributed by atoms with E-state index in [1.165, 1.54) is 0 Å². The van der Waals surface area contributed by atoms with Crippen LogP contribution in [0, 0.1) is 17.3 Å². The lowest BCUT2D eigenvalue weighted by molar-refractivity contribution is -0.137. The van der Waals surface area contributed by atoms with Crippen LogP contribution in [0.15, 0.2) is 28.4 Å². The molecule has 2 aliphatic rings. The Kier molecular flexibility index (Phi) is 3.33. The van der Waals surface area contributed by atoms with Crippen LogP contribution in [0.25, 0.3) is 6.08 Å². The summed E-state index contributed by atoms with van der Waals surface area (Å²) >= 11 is 0. The van der Waals surface area contributed by atoms with E-state index < -0.39 is 0 Å². The molecule has 0 spiro atoms. The van der Waals surface area contributed by atoms with Gasteiger partial charge in [-0.1, -0.05) is 13.8 Å². The SMILES string of the molecule is C[C@@H]1C(O)CC[C@]2(C)C(=O)/C(=C/c3ccco3)CCC12. The van der Waals surface area contributed by atoms with E-state index in [0.29, 0.717) is 5.92 Å². The number of hydrogen-bond donors (Lipinski definition) is 1. The number of rotatable bonds is 1. The van der Waals surface area contributed by atoms with Crippen molar-refractivity contribution in [1.82, 2.24) is 0 Å². The quantitative estimate of drug-likeness (QED) is 0.798. The molecule has 2 fully saturated rings. The molecule has 2 unspecified atom stereocenters. The summed E-state index contributed by atoms with van der Waals surface area (Å²) in [6, 6.07) is 3.71. The molecule has 0 bridgehead atoms. The Bertz CT molecular complexity index is 528. The highest BCUT2D eigenvalue weighted by Crippen LogP contribution is 2.52. The summed E-state index contributed by atoms with van der Waals surface area (Å²) in [5.74, 6) is 1.51. The van der Waals surface area contributed by atoms with Crippen LogP contribution in [0.1, 0.15) is 45.3 Å². The fourth-order valence-corrected chi connectivity index (χ4v) is 4.08. The molecule has 4 atom stereocenters. The summed E-state index contributed by atoms with van der Waals surface area (Å²) < 4.78 is 5.32. The van der Waals surface area contributed by atoms with Crippen LogP contribution in [-0.2, 0) is 4.79 Å². The minimum absolute atomic E-state index is 0.211. The van der Waals surface area contributed by atoms with Gasteiger partial charge in [-0.25, -0.2) is 0 Å². The van der Waals surface area contributed by atoms with Crippen LogP contribution in [0.4, 0.5) is 0 Å². The Morgan fingerprint density at radius 2 is 2.25 bits per heavy atom. The molecule has 3 heteroatoms. The summed E-state index contributed by atoms with van der Waals surface area (Å²) in [7, 11) is 0. The molecule has 0 radical (unpaired) electrons. The van der Waals surface area contributed by atoms with Crippen molar-refractivity contribution < 1.29 is 14.3 Å². The zero-order chi connectivity index (χ0) is 14.3. The molecule has 20 heavy (non-hydrogen) atoms. The number of carbonyl (C=O) groups excluding carboxylic acids is 1. The van der Waals surface area contributed by atoms with E-state index in [1.54, 1.807) is 6.26 Å². The van der Waals surface area contributed by atoms with Crippen molar-refractivity contribution in [3.8, 4) is 0 Å². The molecule has 1 aromatic heterocycles. The third-order valence-corrected chi connectivity index (χ3v) is 5.41. The lowest BCUT2D eigenvalue weighted by Crippen LogP contribution is -2.50. The van der Waals surface area contributed by atoms with Crippen LogP contribution < -0.4 is 0 Å². The first-order chi connectivity index (χ1) is 9.52. The number of fused-ring (bicyclic) bond motifs is 1. The van der Waals surface area contributed by atoms with E-state index in [4.69, 9.17) is 4.42 Å². The standard InChI is InChI=1S/C17H22O3/c1-11-14-6-5-12(10-13-4-3-9-20-13)16(19)17(14,2)8-7-15(11)18/h3-4,9-11,14-15,18H,5-8H2,1-2H3/b12-10+/t11-,14?,15?,17-/m0/s1.